The van der Waals surface area contributed by atoms with Crippen molar-refractivity contribution in [1.29, 1.82) is 0 Å². The number of aliphatic carboxylic acids is 1. The minimum atomic E-state index is -1.18. The van der Waals surface area contributed by atoms with Crippen LogP contribution in [0.5, 0.6) is 0 Å². The van der Waals surface area contributed by atoms with Crippen molar-refractivity contribution in [3.63, 3.8) is 0 Å². The summed E-state index contributed by atoms with van der Waals surface area (Å²) in [7, 11) is 0. The molecule has 3 N–H and O–H groups in total. The van der Waals surface area contributed by atoms with Gasteiger partial charge in [-0.3, -0.25) is 0 Å². The Morgan fingerprint density at radius 2 is 2.26 bits per heavy atom. The van der Waals surface area contributed by atoms with Gasteiger partial charge in [-0.2, -0.15) is 0 Å². The number of nitrogen functional groups attached to an aromatic ring is 1. The van der Waals surface area contributed by atoms with Crippen LogP contribution in [0, 0.1) is 0 Å². The first-order valence-corrected chi connectivity index (χ1v) is 6.79. The molecule has 0 atom stereocenters. The maximum atomic E-state index is 11.1. The third-order valence-electron chi connectivity index (χ3n) is 2.90. The minimum Gasteiger partial charge on any atom is -0.476 e. The molecule has 1 aromatic heterocycles. The summed E-state index contributed by atoms with van der Waals surface area (Å²) < 4.78 is 0. The van der Waals surface area contributed by atoms with E-state index in [2.05, 4.69) is 16.7 Å². The molecular weight excluding hydrogens is 266 g/mol. The van der Waals surface area contributed by atoms with E-state index in [9.17, 15) is 4.79 Å². The van der Waals surface area contributed by atoms with E-state index in [-0.39, 0.29) is 17.5 Å². The zero-order chi connectivity index (χ0) is 13.8. The highest BCUT2D eigenvalue weighted by molar-refractivity contribution is 7.13. The quantitative estimate of drug-likeness (QED) is 0.500. The number of aromatic nitrogens is 1. The van der Waals surface area contributed by atoms with Gasteiger partial charge in [0.15, 0.2) is 5.13 Å². The van der Waals surface area contributed by atoms with Crippen molar-refractivity contribution in [2.24, 2.45) is 5.16 Å². The van der Waals surface area contributed by atoms with Crippen molar-refractivity contribution in [2.45, 2.75) is 31.8 Å². The van der Waals surface area contributed by atoms with Crippen LogP contribution in [0.4, 0.5) is 5.13 Å². The average Bonchev–Trinajstić information content (AvgIpc) is 2.78. The standard InChI is InChI=1S/C12H15N3O3S/c1-7-2-4-8(5-3-7)18-15-10(11(16)17)9-6-19-12(13)14-9/h6,8H,1-5H2,(H2,13,14)(H,16,17). The number of allylic oxidation sites excluding steroid dienone is 1. The molecule has 1 saturated carbocycles. The summed E-state index contributed by atoms with van der Waals surface area (Å²) in [5, 5.41) is 14.7. The van der Waals surface area contributed by atoms with Gasteiger partial charge in [-0.15, -0.1) is 11.3 Å². The SMILES string of the molecule is C=C1CCC(ON=C(C(=O)O)c2csc(N)n2)CC1. The fourth-order valence-electron chi connectivity index (χ4n) is 1.82. The van der Waals surface area contributed by atoms with Gasteiger partial charge in [0.1, 0.15) is 11.8 Å². The van der Waals surface area contributed by atoms with Crippen LogP contribution < -0.4 is 5.73 Å². The van der Waals surface area contributed by atoms with Crippen LogP contribution in [0.1, 0.15) is 31.4 Å². The maximum absolute atomic E-state index is 11.1. The van der Waals surface area contributed by atoms with Crippen molar-refractivity contribution in [3.05, 3.63) is 23.2 Å². The summed E-state index contributed by atoms with van der Waals surface area (Å²) in [6.07, 6.45) is 3.36. The van der Waals surface area contributed by atoms with Crippen molar-refractivity contribution in [3.8, 4) is 0 Å². The summed E-state index contributed by atoms with van der Waals surface area (Å²) in [6.45, 7) is 3.91. The monoisotopic (exact) mass is 281 g/mol. The molecular formula is C12H15N3O3S. The van der Waals surface area contributed by atoms with Crippen molar-refractivity contribution in [2.75, 3.05) is 5.73 Å². The van der Waals surface area contributed by atoms with E-state index in [1.54, 1.807) is 5.38 Å². The Balaban J connectivity index is 2.05. The number of carboxylic acid groups (broad SMARTS) is 1. The van der Waals surface area contributed by atoms with Gasteiger partial charge >= 0.3 is 5.97 Å². The zero-order valence-corrected chi connectivity index (χ0v) is 11.2. The smallest absolute Gasteiger partial charge is 0.360 e. The largest absolute Gasteiger partial charge is 0.476 e. The van der Waals surface area contributed by atoms with Crippen LogP contribution in [0.15, 0.2) is 22.7 Å². The predicted octanol–water partition coefficient (Wildman–Crippen LogP) is 2.03. The molecule has 1 fully saturated rings. The van der Waals surface area contributed by atoms with E-state index in [4.69, 9.17) is 15.7 Å². The number of nitrogens with zero attached hydrogens (tertiary/aromatic N) is 2. The van der Waals surface area contributed by atoms with Crippen LogP contribution in [-0.4, -0.2) is 27.9 Å². The molecule has 0 aliphatic heterocycles. The summed E-state index contributed by atoms with van der Waals surface area (Å²) in [5.41, 5.74) is 6.70. The fraction of sp³-hybridized carbons (Fsp3) is 0.417. The predicted molar refractivity (Wildman–Crippen MR) is 73.2 cm³/mol. The second-order valence-electron chi connectivity index (χ2n) is 4.37. The van der Waals surface area contributed by atoms with Crippen molar-refractivity contribution in [1.82, 2.24) is 4.98 Å². The molecule has 0 radical (unpaired) electrons. The Hall–Kier alpha value is -1.89. The van der Waals surface area contributed by atoms with Crippen LogP contribution in [0.3, 0.4) is 0 Å². The molecule has 0 unspecified atom stereocenters. The third kappa shape index (κ3) is 3.54. The Labute approximate surface area is 114 Å². The number of thiazole rings is 1. The van der Waals surface area contributed by atoms with E-state index in [0.29, 0.717) is 5.13 Å². The molecule has 1 heterocycles. The molecule has 19 heavy (non-hydrogen) atoms. The molecule has 0 saturated heterocycles. The zero-order valence-electron chi connectivity index (χ0n) is 10.3. The molecule has 6 nitrogen and oxygen atoms in total. The van der Waals surface area contributed by atoms with Gasteiger partial charge in [0.25, 0.3) is 0 Å². The maximum Gasteiger partial charge on any atom is 0.360 e. The lowest BCUT2D eigenvalue weighted by Gasteiger charge is -2.21. The summed E-state index contributed by atoms with van der Waals surface area (Å²) >= 11 is 1.17. The summed E-state index contributed by atoms with van der Waals surface area (Å²) in [5.74, 6) is -1.18. The van der Waals surface area contributed by atoms with E-state index < -0.39 is 5.97 Å². The lowest BCUT2D eigenvalue weighted by molar-refractivity contribution is -0.129. The Morgan fingerprint density at radius 3 is 2.79 bits per heavy atom. The lowest BCUT2D eigenvalue weighted by atomic mass is 9.94. The lowest BCUT2D eigenvalue weighted by Crippen LogP contribution is -2.20. The first-order chi connectivity index (χ1) is 9.06. The highest BCUT2D eigenvalue weighted by Crippen LogP contribution is 2.24. The van der Waals surface area contributed by atoms with Gasteiger partial charge in [-0.05, 0) is 25.7 Å². The van der Waals surface area contributed by atoms with E-state index >= 15 is 0 Å². The minimum absolute atomic E-state index is 0.0594. The number of hydrogen-bond donors (Lipinski definition) is 2. The highest BCUT2D eigenvalue weighted by atomic mass is 32.1. The first kappa shape index (κ1) is 13.5. The molecule has 0 spiro atoms. The van der Waals surface area contributed by atoms with E-state index in [1.807, 2.05) is 0 Å². The molecule has 102 valence electrons. The number of rotatable bonds is 4. The van der Waals surface area contributed by atoms with Crippen LogP contribution >= 0.6 is 11.3 Å². The Morgan fingerprint density at radius 1 is 1.58 bits per heavy atom. The molecule has 7 heteroatoms. The number of carbonyl (C=O) groups is 1. The Kier molecular flexibility index (Phi) is 4.16. The van der Waals surface area contributed by atoms with E-state index in [1.165, 1.54) is 16.9 Å². The molecule has 1 aromatic rings. The molecule has 0 amide bonds. The van der Waals surface area contributed by atoms with Gasteiger partial charge in [-0.25, -0.2) is 9.78 Å². The normalized spacial score (nSPS) is 17.5. The van der Waals surface area contributed by atoms with Gasteiger partial charge in [0.05, 0.1) is 0 Å². The molecule has 1 aliphatic carbocycles. The summed E-state index contributed by atoms with van der Waals surface area (Å²) in [4.78, 5) is 20.3. The molecule has 2 rings (SSSR count). The third-order valence-corrected chi connectivity index (χ3v) is 3.57. The van der Waals surface area contributed by atoms with Gasteiger partial charge in [-0.1, -0.05) is 17.3 Å². The molecule has 1 aliphatic rings. The fourth-order valence-corrected chi connectivity index (χ4v) is 2.37. The van der Waals surface area contributed by atoms with Gasteiger partial charge < -0.3 is 15.7 Å². The van der Waals surface area contributed by atoms with Crippen molar-refractivity contribution < 1.29 is 14.7 Å². The second-order valence-corrected chi connectivity index (χ2v) is 5.26. The molecule has 0 bridgehead atoms. The highest BCUT2D eigenvalue weighted by Gasteiger charge is 2.20. The first-order valence-electron chi connectivity index (χ1n) is 5.91. The van der Waals surface area contributed by atoms with Gasteiger partial charge in [0.2, 0.25) is 5.71 Å². The molecule has 0 aromatic carbocycles. The number of carboxylic acids is 1. The number of hydrogen-bond acceptors (Lipinski definition) is 6. The van der Waals surface area contributed by atoms with E-state index in [0.717, 1.165) is 25.7 Å². The number of anilines is 1. The number of oxime groups is 1. The average molecular weight is 281 g/mol. The van der Waals surface area contributed by atoms with Gasteiger partial charge in [0, 0.05) is 5.38 Å². The second kappa shape index (κ2) is 5.83. The van der Waals surface area contributed by atoms with Crippen LogP contribution in [-0.2, 0) is 9.63 Å². The van der Waals surface area contributed by atoms with Crippen LogP contribution in [0.25, 0.3) is 0 Å². The Bertz CT molecular complexity index is 514. The van der Waals surface area contributed by atoms with Crippen molar-refractivity contribution >= 4 is 28.1 Å². The summed E-state index contributed by atoms with van der Waals surface area (Å²) in [6, 6.07) is 0. The number of nitrogens with two attached hydrogens (primary N) is 1. The van der Waals surface area contributed by atoms with Crippen LogP contribution in [0.2, 0.25) is 0 Å². The topological polar surface area (TPSA) is 97.8 Å².